The normalized spacial score (nSPS) is 13.6. The van der Waals surface area contributed by atoms with Gasteiger partial charge in [0.05, 0.1) is 29.3 Å². The van der Waals surface area contributed by atoms with Crippen LogP contribution in [0.25, 0.3) is 0 Å². The lowest BCUT2D eigenvalue weighted by molar-refractivity contribution is 0.0600. The highest BCUT2D eigenvalue weighted by atomic mass is 32.2. The molecule has 1 unspecified atom stereocenters. The van der Waals surface area contributed by atoms with E-state index in [1.807, 2.05) is 20.8 Å². The molecule has 1 rings (SSSR count). The number of rotatable bonds is 3. The lowest BCUT2D eigenvalue weighted by Gasteiger charge is -2.12. The second kappa shape index (κ2) is 5.86. The van der Waals surface area contributed by atoms with E-state index < -0.39 is 21.7 Å². The number of hydrogen-bond donors (Lipinski definition) is 0. The van der Waals surface area contributed by atoms with Crippen LogP contribution in [0, 0.1) is 0 Å². The van der Waals surface area contributed by atoms with Gasteiger partial charge in [-0.15, -0.1) is 0 Å². The second-order valence-electron chi connectivity index (χ2n) is 4.56. The van der Waals surface area contributed by atoms with Crippen molar-refractivity contribution in [3.8, 4) is 0 Å². The number of hydrogen-bond acceptors (Lipinski definition) is 4. The van der Waals surface area contributed by atoms with Gasteiger partial charge in [-0.05, 0) is 32.9 Å². The molecule has 0 fully saturated rings. The molecule has 0 N–H and O–H groups in total. The fourth-order valence-corrected chi connectivity index (χ4v) is 1.50. The van der Waals surface area contributed by atoms with Gasteiger partial charge in [-0.25, -0.2) is 9.00 Å². The van der Waals surface area contributed by atoms with Crippen LogP contribution in [0.3, 0.4) is 0 Å². The van der Waals surface area contributed by atoms with Gasteiger partial charge in [-0.2, -0.15) is 4.40 Å². The molecule has 5 nitrogen and oxygen atoms in total. The summed E-state index contributed by atoms with van der Waals surface area (Å²) in [5.41, 5.74) is 0.909. The highest BCUT2D eigenvalue weighted by Crippen LogP contribution is 2.12. The molecule has 0 aliphatic rings. The third-order valence-electron chi connectivity index (χ3n) is 2.01. The Bertz CT molecular complexity index is 475. The van der Waals surface area contributed by atoms with E-state index >= 15 is 0 Å². The van der Waals surface area contributed by atoms with Gasteiger partial charge in [0.2, 0.25) is 0 Å². The highest BCUT2D eigenvalue weighted by molar-refractivity contribution is 7.85. The van der Waals surface area contributed by atoms with Gasteiger partial charge in [0.25, 0.3) is 0 Å². The largest absolute Gasteiger partial charge is 0.465 e. The summed E-state index contributed by atoms with van der Waals surface area (Å²) in [7, 11) is -0.00604. The quantitative estimate of drug-likeness (QED) is 0.618. The van der Waals surface area contributed by atoms with Crippen LogP contribution in [0.2, 0.25) is 0 Å². The third-order valence-corrected chi connectivity index (χ3v) is 3.36. The van der Waals surface area contributed by atoms with Crippen molar-refractivity contribution in [1.82, 2.24) is 4.98 Å². The number of methoxy groups -OCH3 is 1. The molecule has 0 radical (unpaired) electrons. The maximum Gasteiger partial charge on any atom is 0.339 e. The van der Waals surface area contributed by atoms with Crippen LogP contribution in [0.15, 0.2) is 22.7 Å². The fourth-order valence-electron chi connectivity index (χ4n) is 0.980. The Balaban J connectivity index is 2.79. The van der Waals surface area contributed by atoms with Crippen molar-refractivity contribution in [3.05, 3.63) is 29.6 Å². The summed E-state index contributed by atoms with van der Waals surface area (Å²) in [6.45, 7) is 5.52. The van der Waals surface area contributed by atoms with Gasteiger partial charge in [0.15, 0.2) is 0 Å². The summed E-state index contributed by atoms with van der Waals surface area (Å²) in [6.07, 6.45) is 2.83. The van der Waals surface area contributed by atoms with Crippen LogP contribution in [-0.4, -0.2) is 33.2 Å². The summed E-state index contributed by atoms with van der Waals surface area (Å²) in [5, 5.41) is 0. The lowest BCUT2D eigenvalue weighted by atomic mass is 10.2. The predicted octanol–water partition coefficient (Wildman–Crippen LogP) is 1.75. The molecule has 0 aliphatic carbocycles. The number of aromatic nitrogens is 1. The van der Waals surface area contributed by atoms with E-state index in [0.717, 1.165) is 0 Å². The number of carbonyl (C=O) groups excluding carboxylic acids is 1. The topological polar surface area (TPSA) is 68.6 Å². The molecule has 98 valence electrons. The van der Waals surface area contributed by atoms with E-state index in [9.17, 15) is 9.00 Å². The molecule has 0 bridgehead atoms. The van der Waals surface area contributed by atoms with Crippen molar-refractivity contribution >= 4 is 23.2 Å². The Morgan fingerprint density at radius 1 is 1.44 bits per heavy atom. The molecular formula is C12H16N2O3S. The Hall–Kier alpha value is -1.56. The molecule has 0 amide bonds. The molecule has 0 aromatic carbocycles. The van der Waals surface area contributed by atoms with Gasteiger partial charge in [0, 0.05) is 6.20 Å². The fraction of sp³-hybridized carbons (Fsp3) is 0.417. The predicted molar refractivity (Wildman–Crippen MR) is 71.1 cm³/mol. The van der Waals surface area contributed by atoms with Crippen LogP contribution >= 0.6 is 0 Å². The van der Waals surface area contributed by atoms with Crippen LogP contribution in [0.4, 0.5) is 0 Å². The first-order valence-electron chi connectivity index (χ1n) is 5.35. The van der Waals surface area contributed by atoms with Crippen LogP contribution in [0.1, 0.15) is 36.8 Å². The highest BCUT2D eigenvalue weighted by Gasteiger charge is 2.18. The molecule has 1 atom stereocenters. The average Bonchev–Trinajstić information content (AvgIpc) is 2.34. The molecule has 0 aliphatic heterocycles. The number of nitrogens with zero attached hydrogens (tertiary/aromatic N) is 2. The first-order chi connectivity index (χ1) is 8.34. The average molecular weight is 268 g/mol. The minimum Gasteiger partial charge on any atom is -0.465 e. The molecule has 0 spiro atoms. The lowest BCUT2D eigenvalue weighted by Crippen LogP contribution is -2.19. The van der Waals surface area contributed by atoms with E-state index in [-0.39, 0.29) is 0 Å². The van der Waals surface area contributed by atoms with Crippen molar-refractivity contribution in [3.63, 3.8) is 0 Å². The van der Waals surface area contributed by atoms with Crippen molar-refractivity contribution in [2.45, 2.75) is 25.5 Å². The SMILES string of the molecule is COC(=O)c1ccc(C=NS(=O)C(C)(C)C)nc1. The van der Waals surface area contributed by atoms with Crippen LogP contribution in [-0.2, 0) is 15.7 Å². The zero-order valence-electron chi connectivity index (χ0n) is 10.8. The van der Waals surface area contributed by atoms with Gasteiger partial charge < -0.3 is 4.74 Å². The molecule has 6 heteroatoms. The summed E-state index contributed by atoms with van der Waals surface area (Å²) in [5.74, 6) is -0.441. The van der Waals surface area contributed by atoms with Crippen molar-refractivity contribution < 1.29 is 13.7 Å². The van der Waals surface area contributed by atoms with Gasteiger partial charge in [-0.3, -0.25) is 4.98 Å². The first-order valence-corrected chi connectivity index (χ1v) is 6.45. The first kappa shape index (κ1) is 14.5. The van der Waals surface area contributed by atoms with E-state index in [1.54, 1.807) is 12.1 Å². The molecule has 1 aromatic heterocycles. The van der Waals surface area contributed by atoms with Gasteiger partial charge >= 0.3 is 5.97 Å². The van der Waals surface area contributed by atoms with Crippen molar-refractivity contribution in [2.24, 2.45) is 4.40 Å². The molecule has 0 saturated heterocycles. The second-order valence-corrected chi connectivity index (χ2v) is 6.49. The Morgan fingerprint density at radius 3 is 2.56 bits per heavy atom. The number of carbonyl (C=O) groups is 1. The summed E-state index contributed by atoms with van der Waals surface area (Å²) >= 11 is 0. The Morgan fingerprint density at radius 2 is 2.11 bits per heavy atom. The minimum absolute atomic E-state index is 0.367. The van der Waals surface area contributed by atoms with Crippen LogP contribution in [0.5, 0.6) is 0 Å². The smallest absolute Gasteiger partial charge is 0.339 e. The molecule has 1 heterocycles. The Kier molecular flexibility index (Phi) is 4.72. The zero-order chi connectivity index (χ0) is 13.8. The summed E-state index contributed by atoms with van der Waals surface area (Å²) < 4.78 is 19.8. The number of pyridine rings is 1. The molecule has 18 heavy (non-hydrogen) atoms. The monoisotopic (exact) mass is 268 g/mol. The maximum atomic E-state index is 11.7. The maximum absolute atomic E-state index is 11.7. The van der Waals surface area contributed by atoms with Crippen LogP contribution < -0.4 is 0 Å². The third kappa shape index (κ3) is 4.03. The summed E-state index contributed by atoms with van der Waals surface area (Å²) in [4.78, 5) is 15.2. The van der Waals surface area contributed by atoms with E-state index in [4.69, 9.17) is 0 Å². The zero-order valence-corrected chi connectivity index (χ0v) is 11.7. The summed E-state index contributed by atoms with van der Waals surface area (Å²) in [6, 6.07) is 3.20. The molecule has 1 aromatic rings. The van der Waals surface area contributed by atoms with Crippen molar-refractivity contribution in [2.75, 3.05) is 7.11 Å². The molecular weight excluding hydrogens is 252 g/mol. The van der Waals surface area contributed by atoms with Gasteiger partial charge in [0.1, 0.15) is 11.0 Å². The standard InChI is InChI=1S/C12H16N2O3S/c1-12(2,3)18(16)14-8-10-6-5-9(7-13-10)11(15)17-4/h5-8H,1-4H3. The number of ether oxygens (including phenoxy) is 1. The van der Waals surface area contributed by atoms with E-state index in [1.165, 1.54) is 19.5 Å². The molecule has 0 saturated carbocycles. The van der Waals surface area contributed by atoms with E-state index in [0.29, 0.717) is 11.3 Å². The van der Waals surface area contributed by atoms with Gasteiger partial charge in [-0.1, -0.05) is 0 Å². The van der Waals surface area contributed by atoms with Crippen molar-refractivity contribution in [1.29, 1.82) is 0 Å². The van der Waals surface area contributed by atoms with E-state index in [2.05, 4.69) is 14.1 Å². The number of esters is 1. The Labute approximate surface area is 109 Å². The minimum atomic E-state index is -1.32.